The molecule has 112 valence electrons. The van der Waals surface area contributed by atoms with E-state index in [0.717, 1.165) is 25.0 Å². The van der Waals surface area contributed by atoms with E-state index in [4.69, 9.17) is 4.74 Å². The van der Waals surface area contributed by atoms with Crippen LogP contribution in [0.4, 0.5) is 0 Å². The molecule has 1 rings (SSSR count). The molecule has 0 aliphatic carbocycles. The highest BCUT2D eigenvalue weighted by atomic mass is 16.5. The molecule has 0 aliphatic rings. The summed E-state index contributed by atoms with van der Waals surface area (Å²) in [6.45, 7) is 8.59. The van der Waals surface area contributed by atoms with Gasteiger partial charge in [-0.1, -0.05) is 39.3 Å². The first-order valence-corrected chi connectivity index (χ1v) is 7.58. The van der Waals surface area contributed by atoms with E-state index in [2.05, 4.69) is 38.2 Å². The van der Waals surface area contributed by atoms with Gasteiger partial charge in [0.1, 0.15) is 5.75 Å². The lowest BCUT2D eigenvalue weighted by molar-refractivity contribution is -0.123. The Kier molecular flexibility index (Phi) is 7.13. The first-order valence-electron chi connectivity index (χ1n) is 7.58. The fourth-order valence-corrected chi connectivity index (χ4v) is 2.10. The third kappa shape index (κ3) is 5.64. The lowest BCUT2D eigenvalue weighted by Gasteiger charge is -2.14. The van der Waals surface area contributed by atoms with Crippen LogP contribution in [0.3, 0.4) is 0 Å². The number of amides is 1. The van der Waals surface area contributed by atoms with Gasteiger partial charge in [-0.25, -0.2) is 0 Å². The van der Waals surface area contributed by atoms with Crippen molar-refractivity contribution in [1.29, 1.82) is 0 Å². The van der Waals surface area contributed by atoms with E-state index < -0.39 is 0 Å². The summed E-state index contributed by atoms with van der Waals surface area (Å²) in [5.74, 6) is 1.24. The van der Waals surface area contributed by atoms with Crippen molar-refractivity contribution in [2.24, 2.45) is 0 Å². The fraction of sp³-hybridized carbons (Fsp3) is 0.588. The molecule has 1 amide bonds. The number of carbonyl (C=O) groups excluding carboxylic acids is 1. The third-order valence-corrected chi connectivity index (χ3v) is 3.56. The maximum absolute atomic E-state index is 11.7. The van der Waals surface area contributed by atoms with Gasteiger partial charge in [0, 0.05) is 6.04 Å². The lowest BCUT2D eigenvalue weighted by Crippen LogP contribution is -2.35. The molecule has 0 aliphatic heterocycles. The number of nitrogens with one attached hydrogen (secondary N) is 1. The Morgan fingerprint density at radius 2 is 1.85 bits per heavy atom. The predicted molar refractivity (Wildman–Crippen MR) is 83.2 cm³/mol. The van der Waals surface area contributed by atoms with E-state index in [1.165, 1.54) is 5.56 Å². The summed E-state index contributed by atoms with van der Waals surface area (Å²) in [7, 11) is 0. The van der Waals surface area contributed by atoms with Gasteiger partial charge in [-0.3, -0.25) is 4.79 Å². The van der Waals surface area contributed by atoms with Gasteiger partial charge in [0.25, 0.3) is 5.91 Å². The number of benzene rings is 1. The normalized spacial score (nSPS) is 13.6. The van der Waals surface area contributed by atoms with Gasteiger partial charge in [-0.2, -0.15) is 0 Å². The highest BCUT2D eigenvalue weighted by Crippen LogP contribution is 2.21. The minimum Gasteiger partial charge on any atom is -0.484 e. The smallest absolute Gasteiger partial charge is 0.258 e. The molecule has 0 saturated carbocycles. The molecule has 1 aromatic rings. The van der Waals surface area contributed by atoms with Gasteiger partial charge in [0.2, 0.25) is 0 Å². The number of rotatable bonds is 8. The van der Waals surface area contributed by atoms with Crippen LogP contribution in [0.2, 0.25) is 0 Å². The predicted octanol–water partition coefficient (Wildman–Crippen LogP) is 3.88. The minimum atomic E-state index is -0.0584. The van der Waals surface area contributed by atoms with Crippen molar-refractivity contribution in [3.05, 3.63) is 29.8 Å². The van der Waals surface area contributed by atoms with Gasteiger partial charge in [-0.15, -0.1) is 0 Å². The third-order valence-electron chi connectivity index (χ3n) is 3.56. The van der Waals surface area contributed by atoms with Crippen LogP contribution >= 0.6 is 0 Å². The monoisotopic (exact) mass is 277 g/mol. The fourth-order valence-electron chi connectivity index (χ4n) is 2.10. The van der Waals surface area contributed by atoms with E-state index in [9.17, 15) is 4.79 Å². The van der Waals surface area contributed by atoms with E-state index in [1.807, 2.05) is 19.1 Å². The van der Waals surface area contributed by atoms with Gasteiger partial charge in [0.15, 0.2) is 6.61 Å². The van der Waals surface area contributed by atoms with Crippen LogP contribution in [-0.4, -0.2) is 18.6 Å². The summed E-state index contributed by atoms with van der Waals surface area (Å²) in [5.41, 5.74) is 1.31. The van der Waals surface area contributed by atoms with Crippen LogP contribution < -0.4 is 10.1 Å². The van der Waals surface area contributed by atoms with Crippen molar-refractivity contribution in [3.63, 3.8) is 0 Å². The molecule has 0 heterocycles. The van der Waals surface area contributed by atoms with Crippen LogP contribution in [0.25, 0.3) is 0 Å². The summed E-state index contributed by atoms with van der Waals surface area (Å²) < 4.78 is 5.50. The first kappa shape index (κ1) is 16.5. The summed E-state index contributed by atoms with van der Waals surface area (Å²) in [6, 6.07) is 8.22. The molecule has 3 heteroatoms. The molecule has 2 atom stereocenters. The Labute approximate surface area is 122 Å². The maximum atomic E-state index is 11.7. The van der Waals surface area contributed by atoms with Crippen LogP contribution in [0.1, 0.15) is 58.4 Å². The quantitative estimate of drug-likeness (QED) is 0.783. The zero-order chi connectivity index (χ0) is 15.0. The van der Waals surface area contributed by atoms with Crippen LogP contribution in [0.15, 0.2) is 24.3 Å². The molecule has 0 aromatic heterocycles. The highest BCUT2D eigenvalue weighted by molar-refractivity contribution is 5.77. The van der Waals surface area contributed by atoms with Crippen molar-refractivity contribution in [3.8, 4) is 5.75 Å². The zero-order valence-electron chi connectivity index (χ0n) is 13.1. The molecule has 0 fully saturated rings. The average molecular weight is 277 g/mol. The average Bonchev–Trinajstić information content (AvgIpc) is 2.45. The molecule has 3 nitrogen and oxygen atoms in total. The maximum Gasteiger partial charge on any atom is 0.258 e. The molecule has 1 N–H and O–H groups in total. The van der Waals surface area contributed by atoms with Crippen LogP contribution in [-0.2, 0) is 4.79 Å². The molecule has 0 saturated heterocycles. The molecule has 0 radical (unpaired) electrons. The molecule has 0 bridgehead atoms. The second-order valence-electron chi connectivity index (χ2n) is 5.42. The Hall–Kier alpha value is -1.51. The zero-order valence-corrected chi connectivity index (χ0v) is 13.1. The molecular formula is C17H27NO2. The Balaban J connectivity index is 2.40. The second-order valence-corrected chi connectivity index (χ2v) is 5.42. The van der Waals surface area contributed by atoms with Gasteiger partial charge in [-0.05, 0) is 43.4 Å². The number of carbonyl (C=O) groups is 1. The summed E-state index contributed by atoms with van der Waals surface area (Å²) in [5, 5.41) is 2.93. The minimum absolute atomic E-state index is 0.0584. The van der Waals surface area contributed by atoms with E-state index in [-0.39, 0.29) is 18.6 Å². The summed E-state index contributed by atoms with van der Waals surface area (Å²) in [6.07, 6.45) is 3.19. The molecular weight excluding hydrogens is 250 g/mol. The van der Waals surface area contributed by atoms with Gasteiger partial charge in [0.05, 0.1) is 0 Å². The largest absolute Gasteiger partial charge is 0.484 e. The van der Waals surface area contributed by atoms with Crippen molar-refractivity contribution in [2.45, 2.75) is 58.9 Å². The lowest BCUT2D eigenvalue weighted by atomic mass is 9.99. The van der Waals surface area contributed by atoms with Crippen molar-refractivity contribution in [1.82, 2.24) is 5.32 Å². The first-order chi connectivity index (χ1) is 9.56. The number of hydrogen-bond donors (Lipinski definition) is 1. The number of ether oxygens (including phenoxy) is 1. The highest BCUT2D eigenvalue weighted by Gasteiger charge is 2.07. The van der Waals surface area contributed by atoms with E-state index in [1.54, 1.807) is 0 Å². The summed E-state index contributed by atoms with van der Waals surface area (Å²) in [4.78, 5) is 11.7. The Bertz CT molecular complexity index is 400. The summed E-state index contributed by atoms with van der Waals surface area (Å²) >= 11 is 0. The van der Waals surface area contributed by atoms with Crippen molar-refractivity contribution >= 4 is 5.91 Å². The molecule has 1 aromatic carbocycles. The standard InChI is InChI=1S/C17H27NO2/c1-5-7-14(4)18-17(19)12-20-16-10-8-15(9-11-16)13(3)6-2/h8-11,13-14H,5-7,12H2,1-4H3,(H,18,19). The van der Waals surface area contributed by atoms with E-state index in [0.29, 0.717) is 5.92 Å². The SMILES string of the molecule is CCCC(C)NC(=O)COc1ccc(C(C)CC)cc1. The van der Waals surface area contributed by atoms with Gasteiger partial charge < -0.3 is 10.1 Å². The van der Waals surface area contributed by atoms with E-state index >= 15 is 0 Å². The van der Waals surface area contributed by atoms with Crippen LogP contribution in [0, 0.1) is 0 Å². The topological polar surface area (TPSA) is 38.3 Å². The Morgan fingerprint density at radius 1 is 1.20 bits per heavy atom. The van der Waals surface area contributed by atoms with Crippen LogP contribution in [0.5, 0.6) is 5.75 Å². The molecule has 2 unspecified atom stereocenters. The number of hydrogen-bond acceptors (Lipinski definition) is 2. The Morgan fingerprint density at radius 3 is 2.40 bits per heavy atom. The van der Waals surface area contributed by atoms with Crippen molar-refractivity contribution < 1.29 is 9.53 Å². The molecule has 0 spiro atoms. The van der Waals surface area contributed by atoms with Crippen molar-refractivity contribution in [2.75, 3.05) is 6.61 Å². The molecule has 20 heavy (non-hydrogen) atoms. The van der Waals surface area contributed by atoms with Gasteiger partial charge >= 0.3 is 0 Å². The second kappa shape index (κ2) is 8.62.